The van der Waals surface area contributed by atoms with Gasteiger partial charge in [-0.1, -0.05) is 6.92 Å². The predicted molar refractivity (Wildman–Crippen MR) is 73.0 cm³/mol. The lowest BCUT2D eigenvalue weighted by atomic mass is 10.1. The van der Waals surface area contributed by atoms with Gasteiger partial charge < -0.3 is 21.1 Å². The highest BCUT2D eigenvalue weighted by Crippen LogP contribution is 2.21. The molecule has 3 amide bonds. The lowest BCUT2D eigenvalue weighted by Gasteiger charge is -2.24. The Morgan fingerprint density at radius 3 is 2.62 bits per heavy atom. The van der Waals surface area contributed by atoms with Crippen LogP contribution in [-0.2, 0) is 19.2 Å². The maximum Gasteiger partial charge on any atom is 0.303 e. The Bertz CT molecular complexity index is 438. The van der Waals surface area contributed by atoms with Gasteiger partial charge in [-0.15, -0.1) is 0 Å². The molecule has 1 rings (SSSR count). The summed E-state index contributed by atoms with van der Waals surface area (Å²) in [5.41, 5.74) is 5.27. The first-order valence-electron chi connectivity index (χ1n) is 6.92. The Hall–Kier alpha value is -2.12. The van der Waals surface area contributed by atoms with Gasteiger partial charge in [0.1, 0.15) is 6.04 Å². The Morgan fingerprint density at radius 2 is 2.10 bits per heavy atom. The molecule has 0 saturated carbocycles. The van der Waals surface area contributed by atoms with Crippen LogP contribution < -0.4 is 11.1 Å². The van der Waals surface area contributed by atoms with Crippen LogP contribution in [0.15, 0.2) is 0 Å². The molecule has 1 aliphatic rings. The van der Waals surface area contributed by atoms with Crippen molar-refractivity contribution in [3.05, 3.63) is 0 Å². The quantitative estimate of drug-likeness (QED) is 0.533. The number of hydrogen-bond acceptors (Lipinski definition) is 4. The van der Waals surface area contributed by atoms with E-state index in [1.165, 1.54) is 4.90 Å². The standard InChI is InChI=1S/C13H21N3O5/c1-2-9(13(14)21)16-7-8(5-11(16)18)6-15-10(17)3-4-12(19)20/h8-9H,2-7H2,1H3,(H2,14,21)(H,15,17)(H,19,20)/t8?,9-/m1/s1. The van der Waals surface area contributed by atoms with Gasteiger partial charge >= 0.3 is 5.97 Å². The Labute approximate surface area is 122 Å². The van der Waals surface area contributed by atoms with Gasteiger partial charge in [-0.2, -0.15) is 0 Å². The third-order valence-electron chi connectivity index (χ3n) is 3.48. The number of nitrogens with two attached hydrogens (primary N) is 1. The molecular formula is C13H21N3O5. The van der Waals surface area contributed by atoms with Gasteiger partial charge in [0.2, 0.25) is 17.7 Å². The molecule has 0 bridgehead atoms. The van der Waals surface area contributed by atoms with Gasteiger partial charge in [-0.3, -0.25) is 19.2 Å². The highest BCUT2D eigenvalue weighted by Gasteiger charge is 2.35. The topological polar surface area (TPSA) is 130 Å². The van der Waals surface area contributed by atoms with Crippen LogP contribution in [0.3, 0.4) is 0 Å². The number of nitrogens with zero attached hydrogens (tertiary/aromatic N) is 1. The Kier molecular flexibility index (Phi) is 6.13. The summed E-state index contributed by atoms with van der Waals surface area (Å²) < 4.78 is 0. The van der Waals surface area contributed by atoms with Crippen LogP contribution in [-0.4, -0.2) is 52.8 Å². The van der Waals surface area contributed by atoms with E-state index in [-0.39, 0.29) is 43.5 Å². The van der Waals surface area contributed by atoms with E-state index in [1.807, 2.05) is 0 Å². The first kappa shape index (κ1) is 16.9. The van der Waals surface area contributed by atoms with E-state index in [0.29, 0.717) is 13.0 Å². The van der Waals surface area contributed by atoms with Crippen LogP contribution >= 0.6 is 0 Å². The second-order valence-electron chi connectivity index (χ2n) is 5.14. The first-order chi connectivity index (χ1) is 9.85. The molecule has 118 valence electrons. The third kappa shape index (κ3) is 5.05. The molecule has 0 spiro atoms. The summed E-state index contributed by atoms with van der Waals surface area (Å²) in [4.78, 5) is 46.4. The van der Waals surface area contributed by atoms with Gasteiger partial charge in [-0.05, 0) is 6.42 Å². The number of nitrogens with one attached hydrogen (secondary N) is 1. The molecule has 1 saturated heterocycles. The highest BCUT2D eigenvalue weighted by molar-refractivity contribution is 5.88. The lowest BCUT2D eigenvalue weighted by Crippen LogP contribution is -2.45. The third-order valence-corrected chi connectivity index (χ3v) is 3.48. The van der Waals surface area contributed by atoms with E-state index >= 15 is 0 Å². The maximum absolute atomic E-state index is 11.9. The van der Waals surface area contributed by atoms with Crippen molar-refractivity contribution in [2.75, 3.05) is 13.1 Å². The molecule has 21 heavy (non-hydrogen) atoms. The number of primary amides is 1. The second-order valence-corrected chi connectivity index (χ2v) is 5.14. The summed E-state index contributed by atoms with van der Waals surface area (Å²) in [5.74, 6) is -2.15. The zero-order valence-electron chi connectivity index (χ0n) is 12.0. The van der Waals surface area contributed by atoms with Crippen LogP contribution in [0.5, 0.6) is 0 Å². The molecule has 0 radical (unpaired) electrons. The van der Waals surface area contributed by atoms with E-state index in [0.717, 1.165) is 0 Å². The molecule has 4 N–H and O–H groups in total. The summed E-state index contributed by atoms with van der Waals surface area (Å²) >= 11 is 0. The van der Waals surface area contributed by atoms with E-state index in [2.05, 4.69) is 5.32 Å². The molecule has 1 heterocycles. The fraction of sp³-hybridized carbons (Fsp3) is 0.692. The number of carboxylic acids is 1. The molecule has 1 aliphatic heterocycles. The fourth-order valence-corrected chi connectivity index (χ4v) is 2.39. The largest absolute Gasteiger partial charge is 0.481 e. The molecule has 2 atom stereocenters. The first-order valence-corrected chi connectivity index (χ1v) is 6.92. The fourth-order valence-electron chi connectivity index (χ4n) is 2.39. The van der Waals surface area contributed by atoms with E-state index in [9.17, 15) is 19.2 Å². The molecule has 1 unspecified atom stereocenters. The molecule has 8 nitrogen and oxygen atoms in total. The summed E-state index contributed by atoms with van der Waals surface area (Å²) in [6, 6.07) is -0.606. The average molecular weight is 299 g/mol. The molecule has 8 heteroatoms. The summed E-state index contributed by atoms with van der Waals surface area (Å²) in [6.07, 6.45) is 0.404. The van der Waals surface area contributed by atoms with Crippen molar-refractivity contribution >= 4 is 23.7 Å². The number of amides is 3. The van der Waals surface area contributed by atoms with Crippen molar-refractivity contribution < 1.29 is 24.3 Å². The number of rotatable bonds is 8. The Morgan fingerprint density at radius 1 is 1.43 bits per heavy atom. The smallest absolute Gasteiger partial charge is 0.303 e. The van der Waals surface area contributed by atoms with Crippen molar-refractivity contribution in [2.24, 2.45) is 11.7 Å². The minimum atomic E-state index is -1.03. The molecule has 0 aromatic carbocycles. The SMILES string of the molecule is CC[C@H](C(N)=O)N1CC(CNC(=O)CCC(=O)O)CC1=O. The number of aliphatic carboxylic acids is 1. The number of carboxylic acid groups (broad SMARTS) is 1. The van der Waals surface area contributed by atoms with Crippen LogP contribution in [0.25, 0.3) is 0 Å². The summed E-state index contributed by atoms with van der Waals surface area (Å²) in [5, 5.41) is 11.1. The number of carbonyl (C=O) groups excluding carboxylic acids is 3. The van der Waals surface area contributed by atoms with Gasteiger partial charge in [-0.25, -0.2) is 0 Å². The summed E-state index contributed by atoms with van der Waals surface area (Å²) in [6.45, 7) is 2.44. The van der Waals surface area contributed by atoms with Crippen LogP contribution in [0.2, 0.25) is 0 Å². The van der Waals surface area contributed by atoms with E-state index in [1.54, 1.807) is 6.92 Å². The normalized spacial score (nSPS) is 19.4. The van der Waals surface area contributed by atoms with Gasteiger partial charge in [0.05, 0.1) is 6.42 Å². The van der Waals surface area contributed by atoms with Gasteiger partial charge in [0, 0.05) is 31.8 Å². The van der Waals surface area contributed by atoms with E-state index < -0.39 is 17.9 Å². The van der Waals surface area contributed by atoms with Crippen LogP contribution in [0.4, 0.5) is 0 Å². The Balaban J connectivity index is 2.42. The van der Waals surface area contributed by atoms with E-state index in [4.69, 9.17) is 10.8 Å². The summed E-state index contributed by atoms with van der Waals surface area (Å²) in [7, 11) is 0. The van der Waals surface area contributed by atoms with Crippen molar-refractivity contribution in [3.63, 3.8) is 0 Å². The molecular weight excluding hydrogens is 278 g/mol. The van der Waals surface area contributed by atoms with Crippen molar-refractivity contribution in [1.29, 1.82) is 0 Å². The van der Waals surface area contributed by atoms with Crippen LogP contribution in [0, 0.1) is 5.92 Å². The van der Waals surface area contributed by atoms with Crippen molar-refractivity contribution in [3.8, 4) is 0 Å². The molecule has 1 fully saturated rings. The van der Waals surface area contributed by atoms with Crippen molar-refractivity contribution in [1.82, 2.24) is 10.2 Å². The van der Waals surface area contributed by atoms with Crippen molar-refractivity contribution in [2.45, 2.75) is 38.6 Å². The van der Waals surface area contributed by atoms with Gasteiger partial charge in [0.15, 0.2) is 0 Å². The molecule has 0 aromatic rings. The number of likely N-dealkylation sites (tertiary alicyclic amines) is 1. The zero-order chi connectivity index (χ0) is 16.0. The highest BCUT2D eigenvalue weighted by atomic mass is 16.4. The lowest BCUT2D eigenvalue weighted by molar-refractivity contribution is -0.138. The predicted octanol–water partition coefficient (Wildman–Crippen LogP) is -0.920. The number of carbonyl (C=O) groups is 4. The maximum atomic E-state index is 11.9. The van der Waals surface area contributed by atoms with Gasteiger partial charge in [0.25, 0.3) is 0 Å². The molecule has 0 aliphatic carbocycles. The average Bonchev–Trinajstić information content (AvgIpc) is 2.76. The monoisotopic (exact) mass is 299 g/mol. The zero-order valence-corrected chi connectivity index (χ0v) is 12.0. The second kappa shape index (κ2) is 7.61. The molecule has 0 aromatic heterocycles. The van der Waals surface area contributed by atoms with Crippen LogP contribution in [0.1, 0.15) is 32.6 Å². The minimum absolute atomic E-state index is 0.0836. The minimum Gasteiger partial charge on any atom is -0.481 e. The number of hydrogen-bond donors (Lipinski definition) is 3.